The van der Waals surface area contributed by atoms with Crippen molar-refractivity contribution < 1.29 is 9.47 Å². The summed E-state index contributed by atoms with van der Waals surface area (Å²) in [5.74, 6) is 2.10. The zero-order valence-electron chi connectivity index (χ0n) is 18.9. The minimum absolute atomic E-state index is 0.680. The summed E-state index contributed by atoms with van der Waals surface area (Å²) in [7, 11) is 3.28. The predicted molar refractivity (Wildman–Crippen MR) is 141 cm³/mol. The Labute approximate surface area is 207 Å². The van der Waals surface area contributed by atoms with Crippen LogP contribution in [0.3, 0.4) is 0 Å². The first-order valence-electron chi connectivity index (χ1n) is 10.9. The predicted octanol–water partition coefficient (Wildman–Crippen LogP) is 7.86. The average Bonchev–Trinajstić information content (AvgIpc) is 3.35. The number of nitrogens with one attached hydrogen (secondary N) is 1. The average molecular weight is 511 g/mol. The Hall–Kier alpha value is -3.83. The van der Waals surface area contributed by atoms with E-state index in [2.05, 4.69) is 81.6 Å². The van der Waals surface area contributed by atoms with Gasteiger partial charge in [0.2, 0.25) is 0 Å². The van der Waals surface area contributed by atoms with Crippen LogP contribution in [-0.2, 0) is 0 Å². The molecule has 4 aromatic carbocycles. The van der Waals surface area contributed by atoms with E-state index < -0.39 is 0 Å². The molecular weight excluding hydrogens is 488 g/mol. The zero-order valence-corrected chi connectivity index (χ0v) is 20.5. The third-order valence-corrected chi connectivity index (χ3v) is 6.38. The van der Waals surface area contributed by atoms with Crippen LogP contribution in [0.5, 0.6) is 11.5 Å². The second-order valence-corrected chi connectivity index (χ2v) is 8.66. The van der Waals surface area contributed by atoms with Crippen LogP contribution in [0.15, 0.2) is 102 Å². The molecule has 1 aromatic heterocycles. The SMILES string of the molecule is COc1cc(OC)c(-c2nc(-c3ccccc3)c(-c3ccc(-c4ccccc4)cc3)[nH]2)cc1Br. The Bertz CT molecular complexity index is 1410. The third-order valence-electron chi connectivity index (χ3n) is 5.76. The quantitative estimate of drug-likeness (QED) is 0.253. The molecule has 34 heavy (non-hydrogen) atoms. The van der Waals surface area contributed by atoms with Crippen LogP contribution in [0.4, 0.5) is 0 Å². The van der Waals surface area contributed by atoms with Gasteiger partial charge in [0.15, 0.2) is 0 Å². The molecule has 5 aromatic rings. The Morgan fingerprint density at radius 2 is 1.21 bits per heavy atom. The van der Waals surface area contributed by atoms with Crippen LogP contribution in [0.2, 0.25) is 0 Å². The van der Waals surface area contributed by atoms with Gasteiger partial charge in [0.1, 0.15) is 17.3 Å². The van der Waals surface area contributed by atoms with Gasteiger partial charge in [-0.15, -0.1) is 0 Å². The minimum atomic E-state index is 0.680. The third kappa shape index (κ3) is 4.22. The summed E-state index contributed by atoms with van der Waals surface area (Å²) in [4.78, 5) is 8.57. The molecule has 5 heteroatoms. The fourth-order valence-corrected chi connectivity index (χ4v) is 4.52. The summed E-state index contributed by atoms with van der Waals surface area (Å²) in [5.41, 5.74) is 7.15. The van der Waals surface area contributed by atoms with E-state index in [0.717, 1.165) is 38.4 Å². The minimum Gasteiger partial charge on any atom is -0.496 e. The van der Waals surface area contributed by atoms with Gasteiger partial charge in [0.25, 0.3) is 0 Å². The molecule has 5 rings (SSSR count). The number of rotatable bonds is 6. The fourth-order valence-electron chi connectivity index (χ4n) is 4.02. The number of imidazole rings is 1. The van der Waals surface area contributed by atoms with Crippen molar-refractivity contribution in [3.63, 3.8) is 0 Å². The smallest absolute Gasteiger partial charge is 0.142 e. The summed E-state index contributed by atoms with van der Waals surface area (Å²) in [6, 6.07) is 33.0. The first-order valence-corrected chi connectivity index (χ1v) is 11.7. The van der Waals surface area contributed by atoms with E-state index in [1.165, 1.54) is 11.1 Å². The number of nitrogens with zero attached hydrogens (tertiary/aromatic N) is 1. The fraction of sp³-hybridized carbons (Fsp3) is 0.0690. The van der Waals surface area contributed by atoms with E-state index in [4.69, 9.17) is 14.5 Å². The molecule has 0 aliphatic carbocycles. The summed E-state index contributed by atoms with van der Waals surface area (Å²) in [5, 5.41) is 0. The molecule has 0 atom stereocenters. The molecule has 4 nitrogen and oxygen atoms in total. The Morgan fingerprint density at radius 3 is 1.82 bits per heavy atom. The first kappa shape index (κ1) is 22.0. The lowest BCUT2D eigenvalue weighted by atomic mass is 10.0. The van der Waals surface area contributed by atoms with Crippen LogP contribution in [-0.4, -0.2) is 24.2 Å². The van der Waals surface area contributed by atoms with E-state index in [0.29, 0.717) is 11.5 Å². The summed E-state index contributed by atoms with van der Waals surface area (Å²) >= 11 is 3.59. The highest BCUT2D eigenvalue weighted by atomic mass is 79.9. The normalized spacial score (nSPS) is 10.8. The Morgan fingerprint density at radius 1 is 0.647 bits per heavy atom. The van der Waals surface area contributed by atoms with E-state index >= 15 is 0 Å². The maximum atomic E-state index is 5.66. The monoisotopic (exact) mass is 510 g/mol. The van der Waals surface area contributed by atoms with Crippen LogP contribution >= 0.6 is 15.9 Å². The van der Waals surface area contributed by atoms with Gasteiger partial charge in [-0.3, -0.25) is 0 Å². The number of aromatic nitrogens is 2. The molecule has 1 heterocycles. The second kappa shape index (κ2) is 9.57. The van der Waals surface area contributed by atoms with Gasteiger partial charge in [-0.2, -0.15) is 0 Å². The highest BCUT2D eigenvalue weighted by molar-refractivity contribution is 9.10. The van der Waals surface area contributed by atoms with Crippen molar-refractivity contribution in [2.75, 3.05) is 14.2 Å². The van der Waals surface area contributed by atoms with Crippen molar-refractivity contribution in [1.29, 1.82) is 0 Å². The number of aromatic amines is 1. The maximum absolute atomic E-state index is 5.66. The Balaban J connectivity index is 1.64. The number of methoxy groups -OCH3 is 2. The van der Waals surface area contributed by atoms with Crippen LogP contribution in [0.25, 0.3) is 45.0 Å². The number of H-pyrrole nitrogens is 1. The molecule has 0 unspecified atom stereocenters. The number of benzene rings is 4. The van der Waals surface area contributed by atoms with Gasteiger partial charge in [0, 0.05) is 17.2 Å². The van der Waals surface area contributed by atoms with Crippen molar-refractivity contribution in [2.45, 2.75) is 0 Å². The Kier molecular flexibility index (Phi) is 6.19. The van der Waals surface area contributed by atoms with Crippen molar-refractivity contribution in [3.8, 4) is 56.5 Å². The number of halogens is 1. The molecule has 1 N–H and O–H groups in total. The maximum Gasteiger partial charge on any atom is 0.142 e. The molecule has 0 aliphatic rings. The number of ether oxygens (including phenoxy) is 2. The van der Waals surface area contributed by atoms with Gasteiger partial charge >= 0.3 is 0 Å². The van der Waals surface area contributed by atoms with Gasteiger partial charge in [-0.1, -0.05) is 84.9 Å². The highest BCUT2D eigenvalue weighted by Crippen LogP contribution is 2.40. The highest BCUT2D eigenvalue weighted by Gasteiger charge is 2.19. The molecule has 0 spiro atoms. The van der Waals surface area contributed by atoms with E-state index in [1.807, 2.05) is 36.4 Å². The van der Waals surface area contributed by atoms with Crippen molar-refractivity contribution >= 4 is 15.9 Å². The van der Waals surface area contributed by atoms with Gasteiger partial charge in [-0.05, 0) is 33.1 Å². The molecule has 0 radical (unpaired) electrons. The van der Waals surface area contributed by atoms with Gasteiger partial charge in [0.05, 0.1) is 35.6 Å². The summed E-state index contributed by atoms with van der Waals surface area (Å²) in [6.07, 6.45) is 0. The number of hydrogen-bond acceptors (Lipinski definition) is 3. The van der Waals surface area contributed by atoms with Crippen molar-refractivity contribution in [2.24, 2.45) is 0 Å². The number of hydrogen-bond donors (Lipinski definition) is 1. The van der Waals surface area contributed by atoms with E-state index in [-0.39, 0.29) is 0 Å². The molecule has 0 bridgehead atoms. The van der Waals surface area contributed by atoms with Crippen molar-refractivity contribution in [1.82, 2.24) is 9.97 Å². The molecule has 168 valence electrons. The second-order valence-electron chi connectivity index (χ2n) is 7.81. The van der Waals surface area contributed by atoms with Crippen LogP contribution in [0, 0.1) is 0 Å². The van der Waals surface area contributed by atoms with E-state index in [9.17, 15) is 0 Å². The molecule has 0 aliphatic heterocycles. The molecule has 0 amide bonds. The zero-order chi connectivity index (χ0) is 23.5. The topological polar surface area (TPSA) is 47.1 Å². The lowest BCUT2D eigenvalue weighted by Gasteiger charge is -2.10. The van der Waals surface area contributed by atoms with Crippen LogP contribution in [0.1, 0.15) is 0 Å². The summed E-state index contributed by atoms with van der Waals surface area (Å²) in [6.45, 7) is 0. The lowest BCUT2D eigenvalue weighted by Crippen LogP contribution is -1.93. The largest absolute Gasteiger partial charge is 0.496 e. The first-order chi connectivity index (χ1) is 16.7. The van der Waals surface area contributed by atoms with E-state index in [1.54, 1.807) is 14.2 Å². The standard InChI is InChI=1S/C29H23BrN2O2/c1-33-25-18-26(34-2)24(30)17-23(25)29-31-27(21-11-7-4-8-12-21)28(32-29)22-15-13-20(14-16-22)19-9-5-3-6-10-19/h3-18H,1-2H3,(H,31,32). The van der Waals surface area contributed by atoms with Crippen molar-refractivity contribution in [3.05, 3.63) is 102 Å². The molecule has 0 saturated carbocycles. The lowest BCUT2D eigenvalue weighted by molar-refractivity contribution is 0.393. The summed E-state index contributed by atoms with van der Waals surface area (Å²) < 4.78 is 11.9. The molecule has 0 fully saturated rings. The molecular formula is C29H23BrN2O2. The molecule has 0 saturated heterocycles. The van der Waals surface area contributed by atoms with Gasteiger partial charge in [-0.25, -0.2) is 4.98 Å². The van der Waals surface area contributed by atoms with Crippen LogP contribution < -0.4 is 9.47 Å². The van der Waals surface area contributed by atoms with Gasteiger partial charge < -0.3 is 14.5 Å².